The first-order chi connectivity index (χ1) is 14.0. The van der Waals surface area contributed by atoms with Gasteiger partial charge in [-0.15, -0.1) is 11.3 Å². The molecule has 1 fully saturated rings. The number of benzene rings is 1. The molecule has 0 radical (unpaired) electrons. The van der Waals surface area contributed by atoms with Crippen LogP contribution in [0.4, 0.5) is 11.4 Å². The lowest BCUT2D eigenvalue weighted by Crippen LogP contribution is -2.34. The number of aldehydes is 1. The maximum Gasteiger partial charge on any atom is 0.144 e. The van der Waals surface area contributed by atoms with E-state index in [4.69, 9.17) is 0 Å². The summed E-state index contributed by atoms with van der Waals surface area (Å²) in [6.07, 6.45) is 5.99. The SMILES string of the molecule is CC(=C/C=O)/N=C(/C)N(C)c1ccc(N2CCC(Cc3cccs3)CC2)c(C)c1. The lowest BCUT2D eigenvalue weighted by molar-refractivity contribution is -0.104. The van der Waals surface area contributed by atoms with E-state index in [0.717, 1.165) is 36.8 Å². The number of allylic oxidation sites excluding steroid dienone is 2. The van der Waals surface area contributed by atoms with Crippen LogP contribution in [-0.4, -0.2) is 32.3 Å². The summed E-state index contributed by atoms with van der Waals surface area (Å²) < 4.78 is 0. The summed E-state index contributed by atoms with van der Waals surface area (Å²) in [6, 6.07) is 11.0. The van der Waals surface area contributed by atoms with Crippen LogP contribution in [0.1, 0.15) is 37.1 Å². The molecule has 1 saturated heterocycles. The van der Waals surface area contributed by atoms with Gasteiger partial charge >= 0.3 is 0 Å². The van der Waals surface area contributed by atoms with E-state index in [0.29, 0.717) is 5.70 Å². The fourth-order valence-electron chi connectivity index (χ4n) is 3.95. The molecule has 154 valence electrons. The molecule has 2 aromatic rings. The Labute approximate surface area is 178 Å². The number of rotatable bonds is 6. The van der Waals surface area contributed by atoms with Gasteiger partial charge in [0.15, 0.2) is 0 Å². The zero-order valence-electron chi connectivity index (χ0n) is 17.9. The molecule has 0 N–H and O–H groups in total. The number of thiophene rings is 1. The van der Waals surface area contributed by atoms with Crippen molar-refractivity contribution in [3.8, 4) is 0 Å². The van der Waals surface area contributed by atoms with Crippen molar-refractivity contribution < 1.29 is 4.79 Å². The molecule has 4 nitrogen and oxygen atoms in total. The summed E-state index contributed by atoms with van der Waals surface area (Å²) in [5.74, 6) is 1.67. The van der Waals surface area contributed by atoms with E-state index in [2.05, 4.69) is 57.4 Å². The normalized spacial score (nSPS) is 16.2. The highest BCUT2D eigenvalue weighted by Gasteiger charge is 2.21. The molecule has 1 aliphatic heterocycles. The van der Waals surface area contributed by atoms with Crippen LogP contribution in [0.5, 0.6) is 0 Å². The Kier molecular flexibility index (Phi) is 7.26. The molecule has 0 atom stereocenters. The number of carbonyl (C=O) groups excluding carboxylic acids is 1. The van der Waals surface area contributed by atoms with Crippen LogP contribution in [0.25, 0.3) is 0 Å². The molecule has 2 heterocycles. The molecule has 0 bridgehead atoms. The molecule has 1 aromatic heterocycles. The maximum atomic E-state index is 10.6. The number of carbonyl (C=O) groups is 1. The predicted molar refractivity (Wildman–Crippen MR) is 125 cm³/mol. The number of aliphatic imine (C=N–C) groups is 1. The molecular formula is C24H31N3OS. The molecular weight excluding hydrogens is 378 g/mol. The third-order valence-electron chi connectivity index (χ3n) is 5.73. The summed E-state index contributed by atoms with van der Waals surface area (Å²) in [7, 11) is 2.01. The third-order valence-corrected chi connectivity index (χ3v) is 6.62. The second-order valence-corrected chi connectivity index (χ2v) is 8.88. The van der Waals surface area contributed by atoms with Gasteiger partial charge in [0, 0.05) is 42.1 Å². The number of nitrogens with zero attached hydrogens (tertiary/aromatic N) is 3. The van der Waals surface area contributed by atoms with Crippen LogP contribution in [0.3, 0.4) is 0 Å². The zero-order valence-corrected chi connectivity index (χ0v) is 18.7. The van der Waals surface area contributed by atoms with Crippen LogP contribution >= 0.6 is 11.3 Å². The Hall–Kier alpha value is -2.40. The van der Waals surface area contributed by atoms with Crippen molar-refractivity contribution in [2.75, 3.05) is 29.9 Å². The highest BCUT2D eigenvalue weighted by molar-refractivity contribution is 7.09. The fourth-order valence-corrected chi connectivity index (χ4v) is 4.77. The second-order valence-electron chi connectivity index (χ2n) is 7.85. The van der Waals surface area contributed by atoms with Crippen LogP contribution < -0.4 is 9.80 Å². The lowest BCUT2D eigenvalue weighted by Gasteiger charge is -2.35. The van der Waals surface area contributed by atoms with Gasteiger partial charge in [-0.2, -0.15) is 0 Å². The van der Waals surface area contributed by atoms with E-state index < -0.39 is 0 Å². The molecule has 0 saturated carbocycles. The van der Waals surface area contributed by atoms with Crippen LogP contribution in [0, 0.1) is 12.8 Å². The Morgan fingerprint density at radius 1 is 1.28 bits per heavy atom. The van der Waals surface area contributed by atoms with E-state index in [9.17, 15) is 4.79 Å². The van der Waals surface area contributed by atoms with Gasteiger partial charge < -0.3 is 9.80 Å². The van der Waals surface area contributed by atoms with E-state index in [1.165, 1.54) is 41.5 Å². The highest BCUT2D eigenvalue weighted by Crippen LogP contribution is 2.31. The molecule has 5 heteroatoms. The first-order valence-electron chi connectivity index (χ1n) is 10.3. The van der Waals surface area contributed by atoms with E-state index in [1.807, 2.05) is 32.2 Å². The van der Waals surface area contributed by atoms with Crippen molar-refractivity contribution in [1.82, 2.24) is 0 Å². The van der Waals surface area contributed by atoms with Crippen molar-refractivity contribution in [2.45, 2.75) is 40.0 Å². The van der Waals surface area contributed by atoms with Gasteiger partial charge in [0.25, 0.3) is 0 Å². The number of hydrogen-bond acceptors (Lipinski definition) is 4. The predicted octanol–water partition coefficient (Wildman–Crippen LogP) is 5.47. The van der Waals surface area contributed by atoms with Gasteiger partial charge in [0.1, 0.15) is 12.1 Å². The summed E-state index contributed by atoms with van der Waals surface area (Å²) >= 11 is 1.88. The van der Waals surface area contributed by atoms with Gasteiger partial charge in [-0.25, -0.2) is 4.99 Å². The van der Waals surface area contributed by atoms with Crippen LogP contribution in [0.2, 0.25) is 0 Å². The van der Waals surface area contributed by atoms with Crippen LogP contribution in [0.15, 0.2) is 52.5 Å². The minimum atomic E-state index is 0.711. The number of anilines is 2. The zero-order chi connectivity index (χ0) is 20.8. The monoisotopic (exact) mass is 409 g/mol. The average molecular weight is 410 g/mol. The van der Waals surface area contributed by atoms with Gasteiger partial charge in [0.05, 0.1) is 0 Å². The second kappa shape index (κ2) is 9.88. The van der Waals surface area contributed by atoms with Crippen molar-refractivity contribution in [3.63, 3.8) is 0 Å². The van der Waals surface area contributed by atoms with Gasteiger partial charge in [-0.3, -0.25) is 4.79 Å². The summed E-state index contributed by atoms with van der Waals surface area (Å²) in [5, 5.41) is 2.18. The highest BCUT2D eigenvalue weighted by atomic mass is 32.1. The molecule has 0 amide bonds. The lowest BCUT2D eigenvalue weighted by atomic mass is 9.92. The maximum absolute atomic E-state index is 10.6. The van der Waals surface area contributed by atoms with Crippen molar-refractivity contribution in [1.29, 1.82) is 0 Å². The largest absolute Gasteiger partial charge is 0.371 e. The van der Waals surface area contributed by atoms with E-state index >= 15 is 0 Å². The molecule has 0 aliphatic carbocycles. The third kappa shape index (κ3) is 5.57. The first kappa shape index (κ1) is 21.3. The van der Waals surface area contributed by atoms with Crippen molar-refractivity contribution in [2.24, 2.45) is 10.9 Å². The van der Waals surface area contributed by atoms with E-state index in [1.54, 1.807) is 0 Å². The van der Waals surface area contributed by atoms with Crippen LogP contribution in [-0.2, 0) is 11.2 Å². The number of aryl methyl sites for hydroxylation is 1. The average Bonchev–Trinajstić information content (AvgIpc) is 3.21. The Morgan fingerprint density at radius 2 is 2.03 bits per heavy atom. The van der Waals surface area contributed by atoms with Gasteiger partial charge in [-0.05, 0) is 87.2 Å². The smallest absolute Gasteiger partial charge is 0.144 e. The van der Waals surface area contributed by atoms with Gasteiger partial charge in [0.2, 0.25) is 0 Å². The Bertz CT molecular complexity index is 878. The first-order valence-corrected chi connectivity index (χ1v) is 11.1. The molecule has 1 aliphatic rings. The molecule has 29 heavy (non-hydrogen) atoms. The number of piperidine rings is 1. The summed E-state index contributed by atoms with van der Waals surface area (Å²) in [4.78, 5) is 21.2. The van der Waals surface area contributed by atoms with E-state index in [-0.39, 0.29) is 0 Å². The topological polar surface area (TPSA) is 35.9 Å². The number of amidine groups is 1. The van der Waals surface area contributed by atoms with Gasteiger partial charge in [-0.1, -0.05) is 6.07 Å². The minimum Gasteiger partial charge on any atom is -0.371 e. The molecule has 1 aromatic carbocycles. The quantitative estimate of drug-likeness (QED) is 0.275. The summed E-state index contributed by atoms with van der Waals surface area (Å²) in [6.45, 7) is 8.24. The minimum absolute atomic E-state index is 0.711. The standard InChI is InChI=1S/C24H31N3OS/c1-18-16-22(26(4)20(3)25-19(2)11-14-28)7-8-24(18)27-12-9-21(10-13-27)17-23-6-5-15-29-23/h5-8,11,14-16,21H,9-10,12-13,17H2,1-4H3/b19-11-,25-20-. The Balaban J connectivity index is 1.64. The van der Waals surface area contributed by atoms with Crippen molar-refractivity contribution in [3.05, 3.63) is 57.9 Å². The molecule has 0 unspecified atom stereocenters. The fraction of sp³-hybridized carbons (Fsp3) is 0.417. The summed E-state index contributed by atoms with van der Waals surface area (Å²) in [5.41, 5.74) is 4.45. The molecule has 0 spiro atoms. The number of hydrogen-bond donors (Lipinski definition) is 0. The Morgan fingerprint density at radius 3 is 2.66 bits per heavy atom. The van der Waals surface area contributed by atoms with Crippen molar-refractivity contribution >= 4 is 34.8 Å². The molecule has 3 rings (SSSR count).